The van der Waals surface area contributed by atoms with E-state index in [9.17, 15) is 0 Å². The Morgan fingerprint density at radius 3 is 2.59 bits per heavy atom. The minimum Gasteiger partial charge on any atom is -0.237 e. The fourth-order valence-corrected chi connectivity index (χ4v) is 2.58. The van der Waals surface area contributed by atoms with Crippen molar-refractivity contribution in [3.8, 4) is 0 Å². The van der Waals surface area contributed by atoms with Gasteiger partial charge in [0.2, 0.25) is 5.65 Å². The predicted octanol–water partition coefficient (Wildman–Crippen LogP) is 3.14. The average Bonchev–Trinajstić information content (AvgIpc) is 2.74. The number of pyridine rings is 1. The lowest BCUT2D eigenvalue weighted by Gasteiger charge is -2.29. The molecule has 0 saturated carbocycles. The van der Waals surface area contributed by atoms with Crippen molar-refractivity contribution >= 4 is 11.2 Å². The highest BCUT2D eigenvalue weighted by Crippen LogP contribution is 2.29. The van der Waals surface area contributed by atoms with Crippen LogP contribution in [-0.2, 0) is 5.54 Å². The third-order valence-corrected chi connectivity index (χ3v) is 3.31. The Morgan fingerprint density at radius 2 is 1.94 bits per heavy atom. The molecule has 0 spiro atoms. The molecule has 0 bridgehead atoms. The Kier molecular flexibility index (Phi) is 3.41. The van der Waals surface area contributed by atoms with Crippen LogP contribution in [0, 0.1) is 0 Å². The minimum absolute atomic E-state index is 0.0568. The van der Waals surface area contributed by atoms with E-state index in [0.717, 1.165) is 36.8 Å². The Bertz CT molecular complexity index is 483. The van der Waals surface area contributed by atoms with Crippen LogP contribution in [0.2, 0.25) is 0 Å². The highest BCUT2D eigenvalue weighted by Gasteiger charge is 2.27. The quantitative estimate of drug-likeness (QED) is 0.795. The largest absolute Gasteiger partial charge is 0.237 e. The van der Waals surface area contributed by atoms with Crippen molar-refractivity contribution in [2.45, 2.75) is 52.0 Å². The fourth-order valence-electron chi connectivity index (χ4n) is 2.58. The molecule has 0 amide bonds. The van der Waals surface area contributed by atoms with E-state index in [4.69, 9.17) is 0 Å². The summed E-state index contributed by atoms with van der Waals surface area (Å²) in [5.74, 6) is 0. The van der Waals surface area contributed by atoms with Crippen LogP contribution in [0.1, 0.15) is 46.5 Å². The molecule has 17 heavy (non-hydrogen) atoms. The van der Waals surface area contributed by atoms with Gasteiger partial charge < -0.3 is 0 Å². The smallest absolute Gasteiger partial charge is 0.201 e. The van der Waals surface area contributed by atoms with Gasteiger partial charge in [0, 0.05) is 6.20 Å². The van der Waals surface area contributed by atoms with Crippen LogP contribution < -0.4 is 0 Å². The van der Waals surface area contributed by atoms with Gasteiger partial charge in [-0.2, -0.15) is 0 Å². The fraction of sp³-hybridized carbons (Fsp3) is 0.615. The predicted molar refractivity (Wildman–Crippen MR) is 68.8 cm³/mol. The summed E-state index contributed by atoms with van der Waals surface area (Å²) in [7, 11) is 0. The standard InChI is InChI=1S/C13H20N4/c1-4-8-13(3,9-5-2)17-11-7-6-10-14-12(11)15-16-17/h6-7,10H,4-5,8-9H2,1-3H3. The van der Waals surface area contributed by atoms with Gasteiger partial charge in [0.05, 0.1) is 5.54 Å². The maximum absolute atomic E-state index is 4.31. The summed E-state index contributed by atoms with van der Waals surface area (Å²) < 4.78 is 2.06. The van der Waals surface area contributed by atoms with Gasteiger partial charge in [0.15, 0.2) is 0 Å². The van der Waals surface area contributed by atoms with Gasteiger partial charge in [-0.1, -0.05) is 31.9 Å². The van der Waals surface area contributed by atoms with E-state index < -0.39 is 0 Å². The molecule has 2 aromatic heterocycles. The number of hydrogen-bond acceptors (Lipinski definition) is 3. The zero-order valence-electron chi connectivity index (χ0n) is 10.8. The van der Waals surface area contributed by atoms with Gasteiger partial charge in [0.1, 0.15) is 5.52 Å². The van der Waals surface area contributed by atoms with Gasteiger partial charge in [-0.3, -0.25) is 0 Å². The van der Waals surface area contributed by atoms with Crippen molar-refractivity contribution in [1.29, 1.82) is 0 Å². The number of rotatable bonds is 5. The summed E-state index contributed by atoms with van der Waals surface area (Å²) in [6.07, 6.45) is 6.30. The number of aromatic nitrogens is 4. The summed E-state index contributed by atoms with van der Waals surface area (Å²) >= 11 is 0. The second-order valence-corrected chi connectivity index (χ2v) is 4.84. The third-order valence-electron chi connectivity index (χ3n) is 3.31. The first-order valence-corrected chi connectivity index (χ1v) is 6.38. The summed E-state index contributed by atoms with van der Waals surface area (Å²) in [5.41, 5.74) is 1.84. The normalized spacial score (nSPS) is 12.2. The van der Waals surface area contributed by atoms with Crippen LogP contribution in [0.15, 0.2) is 18.3 Å². The van der Waals surface area contributed by atoms with E-state index in [-0.39, 0.29) is 5.54 Å². The molecule has 0 aliphatic rings. The van der Waals surface area contributed by atoms with E-state index in [1.807, 2.05) is 12.1 Å². The molecular formula is C13H20N4. The van der Waals surface area contributed by atoms with Crippen molar-refractivity contribution in [2.24, 2.45) is 0 Å². The van der Waals surface area contributed by atoms with Crippen molar-refractivity contribution in [1.82, 2.24) is 20.0 Å². The van der Waals surface area contributed by atoms with Gasteiger partial charge >= 0.3 is 0 Å². The molecule has 4 heteroatoms. The summed E-state index contributed by atoms with van der Waals surface area (Å²) in [6, 6.07) is 3.99. The average molecular weight is 232 g/mol. The zero-order chi connectivity index (χ0) is 12.3. The van der Waals surface area contributed by atoms with Crippen LogP contribution in [0.3, 0.4) is 0 Å². The summed E-state index contributed by atoms with van der Waals surface area (Å²) in [6.45, 7) is 6.69. The Hall–Kier alpha value is -1.45. The topological polar surface area (TPSA) is 43.6 Å². The number of hydrogen-bond donors (Lipinski definition) is 0. The monoisotopic (exact) mass is 232 g/mol. The number of fused-ring (bicyclic) bond motifs is 1. The molecule has 2 aromatic rings. The van der Waals surface area contributed by atoms with E-state index in [1.165, 1.54) is 0 Å². The third kappa shape index (κ3) is 2.16. The molecule has 2 rings (SSSR count). The van der Waals surface area contributed by atoms with E-state index in [0.29, 0.717) is 0 Å². The molecule has 0 aliphatic carbocycles. The maximum atomic E-state index is 4.31. The Balaban J connectivity index is 2.48. The first kappa shape index (κ1) is 12.0. The van der Waals surface area contributed by atoms with Gasteiger partial charge in [-0.05, 0) is 31.9 Å². The van der Waals surface area contributed by atoms with Crippen molar-refractivity contribution in [2.75, 3.05) is 0 Å². The van der Waals surface area contributed by atoms with E-state index in [2.05, 4.69) is 40.7 Å². The molecule has 0 saturated heterocycles. The van der Waals surface area contributed by atoms with Gasteiger partial charge in [-0.25, -0.2) is 9.67 Å². The molecule has 92 valence electrons. The van der Waals surface area contributed by atoms with E-state index in [1.54, 1.807) is 6.20 Å². The maximum Gasteiger partial charge on any atom is 0.201 e. The Labute approximate surface area is 102 Å². The molecule has 0 fully saturated rings. The van der Waals surface area contributed by atoms with Crippen LogP contribution >= 0.6 is 0 Å². The molecule has 0 N–H and O–H groups in total. The van der Waals surface area contributed by atoms with Gasteiger partial charge in [-0.15, -0.1) is 5.10 Å². The first-order chi connectivity index (χ1) is 8.21. The molecule has 4 nitrogen and oxygen atoms in total. The molecule has 0 aliphatic heterocycles. The summed E-state index contributed by atoms with van der Waals surface area (Å²) in [4.78, 5) is 4.24. The van der Waals surface area contributed by atoms with Crippen LogP contribution in [0.4, 0.5) is 0 Å². The van der Waals surface area contributed by atoms with Crippen LogP contribution in [0.25, 0.3) is 11.2 Å². The lowest BCUT2D eigenvalue weighted by molar-refractivity contribution is 0.242. The second kappa shape index (κ2) is 4.82. The number of nitrogens with zero attached hydrogens (tertiary/aromatic N) is 4. The van der Waals surface area contributed by atoms with Crippen LogP contribution in [-0.4, -0.2) is 20.0 Å². The van der Waals surface area contributed by atoms with Gasteiger partial charge in [0.25, 0.3) is 0 Å². The highest BCUT2D eigenvalue weighted by atomic mass is 15.5. The minimum atomic E-state index is 0.0568. The first-order valence-electron chi connectivity index (χ1n) is 6.38. The Morgan fingerprint density at radius 1 is 1.24 bits per heavy atom. The van der Waals surface area contributed by atoms with Crippen LogP contribution in [0.5, 0.6) is 0 Å². The molecular weight excluding hydrogens is 212 g/mol. The highest BCUT2D eigenvalue weighted by molar-refractivity contribution is 5.69. The molecule has 0 unspecified atom stereocenters. The second-order valence-electron chi connectivity index (χ2n) is 4.84. The summed E-state index contributed by atoms with van der Waals surface area (Å²) in [5, 5.41) is 8.46. The lowest BCUT2D eigenvalue weighted by Crippen LogP contribution is -2.31. The van der Waals surface area contributed by atoms with Crippen molar-refractivity contribution in [3.63, 3.8) is 0 Å². The molecule has 0 aromatic carbocycles. The zero-order valence-corrected chi connectivity index (χ0v) is 10.8. The van der Waals surface area contributed by atoms with Crippen molar-refractivity contribution < 1.29 is 0 Å². The lowest BCUT2D eigenvalue weighted by atomic mass is 9.91. The molecule has 2 heterocycles. The van der Waals surface area contributed by atoms with Crippen molar-refractivity contribution in [3.05, 3.63) is 18.3 Å². The van der Waals surface area contributed by atoms with E-state index >= 15 is 0 Å². The molecule has 0 radical (unpaired) electrons. The molecule has 0 atom stereocenters. The SMILES string of the molecule is CCCC(C)(CCC)n1nnc2ncccc21.